The highest BCUT2D eigenvalue weighted by molar-refractivity contribution is 9.10. The van der Waals surface area contributed by atoms with Gasteiger partial charge in [0.15, 0.2) is 5.82 Å². The summed E-state index contributed by atoms with van der Waals surface area (Å²) in [5, 5.41) is 2.00. The van der Waals surface area contributed by atoms with E-state index in [2.05, 4.69) is 44.1 Å². The van der Waals surface area contributed by atoms with Crippen molar-refractivity contribution in [3.8, 4) is 11.4 Å². The predicted molar refractivity (Wildman–Crippen MR) is 101 cm³/mol. The minimum atomic E-state index is 0.696. The van der Waals surface area contributed by atoms with Crippen molar-refractivity contribution in [3.63, 3.8) is 0 Å². The number of nitrogens with zero attached hydrogens (tertiary/aromatic N) is 3. The lowest BCUT2D eigenvalue weighted by molar-refractivity contribution is 1.10. The van der Waals surface area contributed by atoms with E-state index in [-0.39, 0.29) is 0 Å². The number of hydrogen-bond donors (Lipinski definition) is 0. The molecule has 0 fully saturated rings. The SMILES string of the molecule is Brc1ccc(Sc2nc(-c3cccnc3)nc3ccccc23)cc1. The smallest absolute Gasteiger partial charge is 0.162 e. The molecule has 3 nitrogen and oxygen atoms in total. The van der Waals surface area contributed by atoms with Gasteiger partial charge in [0.2, 0.25) is 0 Å². The molecule has 0 N–H and O–H groups in total. The molecule has 2 aromatic heterocycles. The van der Waals surface area contributed by atoms with Gasteiger partial charge in [0.05, 0.1) is 5.52 Å². The minimum Gasteiger partial charge on any atom is -0.264 e. The molecule has 4 rings (SSSR count). The van der Waals surface area contributed by atoms with Crippen molar-refractivity contribution in [2.45, 2.75) is 9.92 Å². The molecule has 0 aliphatic heterocycles. The summed E-state index contributed by atoms with van der Waals surface area (Å²) >= 11 is 5.11. The van der Waals surface area contributed by atoms with Crippen molar-refractivity contribution in [1.82, 2.24) is 15.0 Å². The summed E-state index contributed by atoms with van der Waals surface area (Å²) < 4.78 is 1.07. The van der Waals surface area contributed by atoms with Crippen molar-refractivity contribution in [3.05, 3.63) is 77.5 Å². The third-order valence-corrected chi connectivity index (χ3v) is 5.06. The van der Waals surface area contributed by atoms with Gasteiger partial charge in [-0.3, -0.25) is 4.98 Å². The zero-order valence-corrected chi connectivity index (χ0v) is 15.0. The summed E-state index contributed by atoms with van der Waals surface area (Å²) in [6, 6.07) is 20.2. The van der Waals surface area contributed by atoms with Crippen LogP contribution in [0, 0.1) is 0 Å². The fourth-order valence-corrected chi connectivity index (χ4v) is 3.54. The van der Waals surface area contributed by atoms with Crippen molar-refractivity contribution in [2.24, 2.45) is 0 Å². The van der Waals surface area contributed by atoms with Gasteiger partial charge < -0.3 is 0 Å². The summed E-state index contributed by atoms with van der Waals surface area (Å²) in [6.07, 6.45) is 3.54. The monoisotopic (exact) mass is 393 g/mol. The fourth-order valence-electron chi connectivity index (χ4n) is 2.36. The van der Waals surface area contributed by atoms with E-state index in [4.69, 9.17) is 4.98 Å². The normalized spacial score (nSPS) is 10.9. The molecule has 0 radical (unpaired) electrons. The van der Waals surface area contributed by atoms with Gasteiger partial charge in [0.25, 0.3) is 0 Å². The van der Waals surface area contributed by atoms with Gasteiger partial charge in [-0.25, -0.2) is 9.97 Å². The Balaban J connectivity index is 1.85. The molecule has 0 atom stereocenters. The minimum absolute atomic E-state index is 0.696. The van der Waals surface area contributed by atoms with Crippen LogP contribution in [0.4, 0.5) is 0 Å². The highest BCUT2D eigenvalue weighted by Gasteiger charge is 2.10. The highest BCUT2D eigenvalue weighted by atomic mass is 79.9. The number of benzene rings is 2. The number of para-hydroxylation sites is 1. The lowest BCUT2D eigenvalue weighted by atomic mass is 10.2. The predicted octanol–water partition coefficient (Wildman–Crippen LogP) is 5.61. The number of fused-ring (bicyclic) bond motifs is 1. The Morgan fingerprint density at radius 2 is 1.67 bits per heavy atom. The highest BCUT2D eigenvalue weighted by Crippen LogP contribution is 2.33. The Kier molecular flexibility index (Phi) is 4.28. The molecule has 0 aliphatic carbocycles. The van der Waals surface area contributed by atoms with Gasteiger partial charge in [-0.05, 0) is 42.5 Å². The first-order valence-electron chi connectivity index (χ1n) is 7.40. The number of halogens is 1. The lowest BCUT2D eigenvalue weighted by Crippen LogP contribution is -1.94. The van der Waals surface area contributed by atoms with Gasteiger partial charge in [0, 0.05) is 32.7 Å². The van der Waals surface area contributed by atoms with Crippen LogP contribution in [0.15, 0.2) is 87.5 Å². The molecule has 0 saturated carbocycles. The maximum atomic E-state index is 4.79. The fraction of sp³-hybridized carbons (Fsp3) is 0. The standard InChI is InChI=1S/C19H12BrN3S/c20-14-7-9-15(10-8-14)24-19-16-5-1-2-6-17(16)22-18(23-19)13-4-3-11-21-12-13/h1-12H. The van der Waals surface area contributed by atoms with E-state index in [1.54, 1.807) is 24.2 Å². The van der Waals surface area contributed by atoms with E-state index in [9.17, 15) is 0 Å². The second kappa shape index (κ2) is 6.71. The summed E-state index contributed by atoms with van der Waals surface area (Å²) in [5.74, 6) is 0.696. The largest absolute Gasteiger partial charge is 0.264 e. The number of pyridine rings is 1. The Bertz CT molecular complexity index is 988. The molecular weight excluding hydrogens is 382 g/mol. The van der Waals surface area contributed by atoms with Crippen LogP contribution in [0.3, 0.4) is 0 Å². The summed E-state index contributed by atoms with van der Waals surface area (Å²) in [6.45, 7) is 0. The van der Waals surface area contributed by atoms with Crippen LogP contribution in [0.2, 0.25) is 0 Å². The first-order valence-corrected chi connectivity index (χ1v) is 9.01. The van der Waals surface area contributed by atoms with E-state index in [1.165, 1.54) is 0 Å². The average molecular weight is 394 g/mol. The lowest BCUT2D eigenvalue weighted by Gasteiger charge is -2.08. The number of rotatable bonds is 3. The summed E-state index contributed by atoms with van der Waals surface area (Å²) in [5.41, 5.74) is 1.85. The molecule has 4 aromatic rings. The Hall–Kier alpha value is -2.24. The van der Waals surface area contributed by atoms with Gasteiger partial charge in [-0.2, -0.15) is 0 Å². The molecule has 0 bridgehead atoms. The molecule has 2 aromatic carbocycles. The molecule has 0 aliphatic rings. The Morgan fingerprint density at radius 3 is 2.46 bits per heavy atom. The topological polar surface area (TPSA) is 38.7 Å². The van der Waals surface area contributed by atoms with Crippen molar-refractivity contribution >= 4 is 38.6 Å². The van der Waals surface area contributed by atoms with E-state index in [0.717, 1.165) is 30.9 Å². The van der Waals surface area contributed by atoms with Gasteiger partial charge >= 0.3 is 0 Å². The summed E-state index contributed by atoms with van der Waals surface area (Å²) in [7, 11) is 0. The third-order valence-electron chi connectivity index (χ3n) is 3.52. The zero-order valence-electron chi connectivity index (χ0n) is 12.6. The molecule has 5 heteroatoms. The average Bonchev–Trinajstić information content (AvgIpc) is 2.64. The van der Waals surface area contributed by atoms with Gasteiger partial charge in [-0.15, -0.1) is 0 Å². The van der Waals surface area contributed by atoms with Crippen LogP contribution < -0.4 is 0 Å². The van der Waals surface area contributed by atoms with E-state index >= 15 is 0 Å². The second-order valence-electron chi connectivity index (χ2n) is 5.17. The number of hydrogen-bond acceptors (Lipinski definition) is 4. The maximum Gasteiger partial charge on any atom is 0.162 e. The zero-order chi connectivity index (χ0) is 16.4. The van der Waals surface area contributed by atoms with Gasteiger partial charge in [0.1, 0.15) is 5.03 Å². The van der Waals surface area contributed by atoms with Crippen LogP contribution in [-0.2, 0) is 0 Å². The van der Waals surface area contributed by atoms with E-state index < -0.39 is 0 Å². The van der Waals surface area contributed by atoms with Crippen LogP contribution in [0.5, 0.6) is 0 Å². The maximum absolute atomic E-state index is 4.79. The Morgan fingerprint density at radius 1 is 0.833 bits per heavy atom. The molecule has 0 unspecified atom stereocenters. The molecule has 24 heavy (non-hydrogen) atoms. The van der Waals surface area contributed by atoms with Crippen molar-refractivity contribution in [2.75, 3.05) is 0 Å². The van der Waals surface area contributed by atoms with E-state index in [1.807, 2.05) is 42.5 Å². The van der Waals surface area contributed by atoms with Crippen molar-refractivity contribution < 1.29 is 0 Å². The molecule has 0 spiro atoms. The molecule has 116 valence electrons. The van der Waals surface area contributed by atoms with Crippen LogP contribution in [-0.4, -0.2) is 15.0 Å². The molecule has 0 amide bonds. The first-order chi connectivity index (χ1) is 11.8. The third kappa shape index (κ3) is 3.18. The van der Waals surface area contributed by atoms with Crippen molar-refractivity contribution in [1.29, 1.82) is 0 Å². The van der Waals surface area contributed by atoms with Crippen LogP contribution >= 0.6 is 27.7 Å². The van der Waals surface area contributed by atoms with Gasteiger partial charge in [-0.1, -0.05) is 45.9 Å². The van der Waals surface area contributed by atoms with Crippen LogP contribution in [0.25, 0.3) is 22.3 Å². The summed E-state index contributed by atoms with van der Waals surface area (Å²) in [4.78, 5) is 14.8. The second-order valence-corrected chi connectivity index (χ2v) is 7.15. The first kappa shape index (κ1) is 15.3. The molecule has 2 heterocycles. The molecule has 0 saturated heterocycles. The quantitative estimate of drug-likeness (QED) is 0.424. The molecular formula is C19H12BrN3S. The Labute approximate surface area is 152 Å². The van der Waals surface area contributed by atoms with E-state index in [0.29, 0.717) is 5.82 Å². The van der Waals surface area contributed by atoms with Crippen LogP contribution in [0.1, 0.15) is 0 Å². The number of aromatic nitrogens is 3.